The van der Waals surface area contributed by atoms with Gasteiger partial charge in [-0.15, -0.1) is 0 Å². The van der Waals surface area contributed by atoms with E-state index in [0.29, 0.717) is 22.3 Å². The molecule has 0 aliphatic heterocycles. The van der Waals surface area contributed by atoms with Crippen LogP contribution >= 0.6 is 0 Å². The molecular weight excluding hydrogens is 300 g/mol. The second-order valence-electron chi connectivity index (χ2n) is 4.99. The summed E-state index contributed by atoms with van der Waals surface area (Å²) in [4.78, 5) is 38.5. The Kier molecular flexibility index (Phi) is 3.63. The van der Waals surface area contributed by atoms with E-state index in [1.807, 2.05) is 0 Å². The third-order valence-electron chi connectivity index (χ3n) is 3.31. The molecule has 0 aliphatic carbocycles. The number of fused-ring (bicyclic) bond motifs is 1. The Bertz CT molecular complexity index is 940. The van der Waals surface area contributed by atoms with E-state index in [4.69, 9.17) is 0 Å². The number of anilines is 1. The van der Waals surface area contributed by atoms with Crippen LogP contribution in [-0.2, 0) is 11.2 Å². The van der Waals surface area contributed by atoms with Gasteiger partial charge in [0.1, 0.15) is 0 Å². The van der Waals surface area contributed by atoms with Crippen LogP contribution in [0.2, 0.25) is 0 Å². The molecular formula is C15H12N4O4. The topological polar surface area (TPSA) is 121 Å². The number of rotatable bonds is 4. The third kappa shape index (κ3) is 3.26. The number of nitrogens with one attached hydrogen (secondary N) is 3. The smallest absolute Gasteiger partial charge is 0.323 e. The van der Waals surface area contributed by atoms with Gasteiger partial charge in [0.25, 0.3) is 5.69 Å². The monoisotopic (exact) mass is 312 g/mol. The van der Waals surface area contributed by atoms with Crippen molar-refractivity contribution in [3.63, 3.8) is 0 Å². The predicted octanol–water partition coefficient (Wildman–Crippen LogP) is 1.95. The van der Waals surface area contributed by atoms with E-state index in [1.165, 1.54) is 12.1 Å². The number of H-pyrrole nitrogens is 2. The molecule has 3 rings (SSSR count). The maximum absolute atomic E-state index is 12.0. The first-order chi connectivity index (χ1) is 11.0. The van der Waals surface area contributed by atoms with Gasteiger partial charge >= 0.3 is 5.69 Å². The van der Waals surface area contributed by atoms with E-state index < -0.39 is 4.92 Å². The Morgan fingerprint density at radius 1 is 1.09 bits per heavy atom. The Labute approximate surface area is 129 Å². The SMILES string of the molecule is O=C(Cc1ccc([N+](=O)[O-])cc1)Nc1ccc2[nH]c(=O)[nH]c2c1. The highest BCUT2D eigenvalue weighted by Crippen LogP contribution is 2.16. The number of amides is 1. The number of carbonyl (C=O) groups is 1. The molecule has 1 heterocycles. The van der Waals surface area contributed by atoms with Crippen LogP contribution in [0.15, 0.2) is 47.3 Å². The van der Waals surface area contributed by atoms with Crippen LogP contribution in [0.3, 0.4) is 0 Å². The molecule has 1 amide bonds. The fraction of sp³-hybridized carbons (Fsp3) is 0.0667. The standard InChI is InChI=1S/C15H12N4O4/c20-14(7-9-1-4-11(5-2-9)19(22)23)16-10-3-6-12-13(8-10)18-15(21)17-12/h1-6,8H,7H2,(H,16,20)(H2,17,18,21). The van der Waals surface area contributed by atoms with E-state index >= 15 is 0 Å². The number of aromatic amines is 2. The van der Waals surface area contributed by atoms with Gasteiger partial charge in [0.2, 0.25) is 5.91 Å². The molecule has 0 unspecified atom stereocenters. The van der Waals surface area contributed by atoms with Crippen molar-refractivity contribution in [1.82, 2.24) is 9.97 Å². The molecule has 3 aromatic rings. The lowest BCUT2D eigenvalue weighted by Gasteiger charge is -2.05. The number of carbonyl (C=O) groups excluding carboxylic acids is 1. The molecule has 0 bridgehead atoms. The highest BCUT2D eigenvalue weighted by Gasteiger charge is 2.08. The van der Waals surface area contributed by atoms with Gasteiger partial charge in [0.05, 0.1) is 22.4 Å². The van der Waals surface area contributed by atoms with Crippen molar-refractivity contribution in [3.05, 3.63) is 68.6 Å². The van der Waals surface area contributed by atoms with E-state index in [0.717, 1.165) is 0 Å². The fourth-order valence-electron chi connectivity index (χ4n) is 2.24. The van der Waals surface area contributed by atoms with Gasteiger partial charge in [-0.05, 0) is 23.8 Å². The summed E-state index contributed by atoms with van der Waals surface area (Å²) < 4.78 is 0. The van der Waals surface area contributed by atoms with Crippen molar-refractivity contribution in [1.29, 1.82) is 0 Å². The first-order valence-corrected chi connectivity index (χ1v) is 6.76. The predicted molar refractivity (Wildman–Crippen MR) is 84.3 cm³/mol. The number of benzene rings is 2. The second kappa shape index (κ2) is 5.76. The molecule has 0 spiro atoms. The van der Waals surface area contributed by atoms with Gasteiger partial charge in [-0.2, -0.15) is 0 Å². The molecule has 1 aromatic heterocycles. The average molecular weight is 312 g/mol. The summed E-state index contributed by atoms with van der Waals surface area (Å²) in [5.74, 6) is -0.254. The molecule has 116 valence electrons. The molecule has 0 atom stereocenters. The zero-order chi connectivity index (χ0) is 16.4. The van der Waals surface area contributed by atoms with Gasteiger partial charge in [-0.3, -0.25) is 14.9 Å². The molecule has 8 nitrogen and oxygen atoms in total. The first-order valence-electron chi connectivity index (χ1n) is 6.76. The number of nitro groups is 1. The molecule has 2 aromatic carbocycles. The van der Waals surface area contributed by atoms with Crippen LogP contribution < -0.4 is 11.0 Å². The molecule has 0 aliphatic rings. The lowest BCUT2D eigenvalue weighted by Crippen LogP contribution is -2.14. The van der Waals surface area contributed by atoms with Crippen molar-refractivity contribution in [2.24, 2.45) is 0 Å². The minimum absolute atomic E-state index is 0.0176. The summed E-state index contributed by atoms with van der Waals surface area (Å²) in [6.45, 7) is 0. The largest absolute Gasteiger partial charge is 0.326 e. The van der Waals surface area contributed by atoms with E-state index in [1.54, 1.807) is 30.3 Å². The van der Waals surface area contributed by atoms with Crippen molar-refractivity contribution in [2.45, 2.75) is 6.42 Å². The van der Waals surface area contributed by atoms with Crippen molar-refractivity contribution in [3.8, 4) is 0 Å². The zero-order valence-electron chi connectivity index (χ0n) is 11.8. The van der Waals surface area contributed by atoms with Gasteiger partial charge < -0.3 is 15.3 Å². The molecule has 0 saturated carbocycles. The van der Waals surface area contributed by atoms with Crippen LogP contribution in [0.5, 0.6) is 0 Å². The van der Waals surface area contributed by atoms with Crippen LogP contribution in [0.25, 0.3) is 11.0 Å². The maximum atomic E-state index is 12.0. The fourth-order valence-corrected chi connectivity index (χ4v) is 2.24. The van der Waals surface area contributed by atoms with E-state index in [2.05, 4.69) is 15.3 Å². The number of hydrogen-bond donors (Lipinski definition) is 3. The van der Waals surface area contributed by atoms with Crippen LogP contribution in [0.1, 0.15) is 5.56 Å². The third-order valence-corrected chi connectivity index (χ3v) is 3.31. The zero-order valence-corrected chi connectivity index (χ0v) is 11.8. The second-order valence-corrected chi connectivity index (χ2v) is 4.99. The number of nitrogens with zero attached hydrogens (tertiary/aromatic N) is 1. The summed E-state index contributed by atoms with van der Waals surface area (Å²) in [6.07, 6.45) is 0.0969. The normalized spacial score (nSPS) is 10.6. The lowest BCUT2D eigenvalue weighted by atomic mass is 10.1. The Morgan fingerprint density at radius 3 is 2.48 bits per heavy atom. The average Bonchev–Trinajstić information content (AvgIpc) is 2.87. The van der Waals surface area contributed by atoms with Crippen molar-refractivity contribution >= 4 is 28.3 Å². The Hall–Kier alpha value is -3.42. The summed E-state index contributed by atoms with van der Waals surface area (Å²) in [5, 5.41) is 13.3. The summed E-state index contributed by atoms with van der Waals surface area (Å²) in [6, 6.07) is 10.8. The number of hydrogen-bond acceptors (Lipinski definition) is 4. The number of aromatic nitrogens is 2. The molecule has 23 heavy (non-hydrogen) atoms. The highest BCUT2D eigenvalue weighted by atomic mass is 16.6. The van der Waals surface area contributed by atoms with Crippen LogP contribution in [0, 0.1) is 10.1 Å². The minimum Gasteiger partial charge on any atom is -0.326 e. The van der Waals surface area contributed by atoms with Crippen molar-refractivity contribution in [2.75, 3.05) is 5.32 Å². The molecule has 8 heteroatoms. The van der Waals surface area contributed by atoms with Gasteiger partial charge in [0.15, 0.2) is 0 Å². The van der Waals surface area contributed by atoms with Gasteiger partial charge in [-0.25, -0.2) is 4.79 Å². The summed E-state index contributed by atoms with van der Waals surface area (Å²) in [7, 11) is 0. The quantitative estimate of drug-likeness (QED) is 0.503. The number of nitro benzene ring substituents is 1. The minimum atomic E-state index is -0.489. The van der Waals surface area contributed by atoms with E-state index in [9.17, 15) is 19.7 Å². The van der Waals surface area contributed by atoms with E-state index in [-0.39, 0.29) is 23.7 Å². The summed E-state index contributed by atoms with van der Waals surface area (Å²) >= 11 is 0. The summed E-state index contributed by atoms with van der Waals surface area (Å²) in [5.41, 5.74) is 2.15. The van der Waals surface area contributed by atoms with Crippen LogP contribution in [-0.4, -0.2) is 20.8 Å². The number of non-ortho nitro benzene ring substituents is 1. The highest BCUT2D eigenvalue weighted by molar-refractivity contribution is 5.94. The first kappa shape index (κ1) is 14.5. The number of imidazole rings is 1. The Balaban J connectivity index is 1.70. The molecule has 0 radical (unpaired) electrons. The van der Waals surface area contributed by atoms with Crippen LogP contribution in [0.4, 0.5) is 11.4 Å². The lowest BCUT2D eigenvalue weighted by molar-refractivity contribution is -0.384. The Morgan fingerprint density at radius 2 is 1.78 bits per heavy atom. The maximum Gasteiger partial charge on any atom is 0.323 e. The van der Waals surface area contributed by atoms with Crippen molar-refractivity contribution < 1.29 is 9.72 Å². The van der Waals surface area contributed by atoms with Gasteiger partial charge in [0, 0.05) is 17.8 Å². The molecule has 3 N–H and O–H groups in total. The van der Waals surface area contributed by atoms with Gasteiger partial charge in [-0.1, -0.05) is 12.1 Å². The molecule has 0 saturated heterocycles. The molecule has 0 fully saturated rings.